The Hall–Kier alpha value is -0.890. The molecular formula is C10H13N2. The first-order valence-corrected chi connectivity index (χ1v) is 4.38. The summed E-state index contributed by atoms with van der Waals surface area (Å²) >= 11 is 0. The van der Waals surface area contributed by atoms with Crippen LogP contribution in [-0.2, 0) is 0 Å². The molecule has 1 aliphatic carbocycles. The van der Waals surface area contributed by atoms with Gasteiger partial charge in [0.15, 0.2) is 0 Å². The van der Waals surface area contributed by atoms with Gasteiger partial charge in [-0.2, -0.15) is 0 Å². The molecule has 1 saturated carbocycles. The van der Waals surface area contributed by atoms with Crippen LogP contribution in [0.15, 0.2) is 24.5 Å². The van der Waals surface area contributed by atoms with E-state index in [-0.39, 0.29) is 0 Å². The van der Waals surface area contributed by atoms with Crippen LogP contribution in [0.25, 0.3) is 0 Å². The smallest absolute Gasteiger partial charge is 0.0270 e. The Morgan fingerprint density at radius 2 is 2.08 bits per heavy atom. The van der Waals surface area contributed by atoms with Gasteiger partial charge in [-0.05, 0) is 36.5 Å². The van der Waals surface area contributed by atoms with Crippen molar-refractivity contribution >= 4 is 0 Å². The third kappa shape index (κ3) is 1.48. The summed E-state index contributed by atoms with van der Waals surface area (Å²) in [6.07, 6.45) is 6.28. The topological polar surface area (TPSA) is 38.9 Å². The quantitative estimate of drug-likeness (QED) is 0.727. The van der Waals surface area contributed by atoms with Crippen molar-refractivity contribution in [3.05, 3.63) is 36.0 Å². The standard InChI is InChI=1S/C10H13N2/c11-7-10(8-1-2-8)9-3-5-12-6-4-9/h3-6,8H,1-2,7,11H2. The van der Waals surface area contributed by atoms with Crippen molar-refractivity contribution in [2.75, 3.05) is 6.54 Å². The molecule has 63 valence electrons. The van der Waals surface area contributed by atoms with Crippen molar-refractivity contribution in [2.24, 2.45) is 11.7 Å². The first kappa shape index (κ1) is 7.74. The summed E-state index contributed by atoms with van der Waals surface area (Å²) in [5.41, 5.74) is 6.96. The summed E-state index contributed by atoms with van der Waals surface area (Å²) < 4.78 is 0. The second-order valence-corrected chi connectivity index (χ2v) is 3.24. The van der Waals surface area contributed by atoms with Gasteiger partial charge in [0, 0.05) is 24.9 Å². The molecule has 0 saturated heterocycles. The molecule has 2 N–H and O–H groups in total. The van der Waals surface area contributed by atoms with Gasteiger partial charge in [0.1, 0.15) is 0 Å². The highest BCUT2D eigenvalue weighted by Gasteiger charge is 2.31. The molecule has 2 heteroatoms. The zero-order chi connectivity index (χ0) is 8.39. The minimum atomic E-state index is 0.689. The van der Waals surface area contributed by atoms with Gasteiger partial charge in [0.2, 0.25) is 0 Å². The lowest BCUT2D eigenvalue weighted by atomic mass is 9.95. The number of hydrogen-bond donors (Lipinski definition) is 1. The van der Waals surface area contributed by atoms with Crippen LogP contribution in [0.5, 0.6) is 0 Å². The van der Waals surface area contributed by atoms with E-state index in [1.54, 1.807) is 0 Å². The minimum Gasteiger partial charge on any atom is -0.330 e. The van der Waals surface area contributed by atoms with E-state index >= 15 is 0 Å². The van der Waals surface area contributed by atoms with Crippen LogP contribution >= 0.6 is 0 Å². The van der Waals surface area contributed by atoms with E-state index in [2.05, 4.69) is 4.98 Å². The average Bonchev–Trinajstić information content (AvgIpc) is 2.92. The van der Waals surface area contributed by atoms with Gasteiger partial charge in [0.05, 0.1) is 0 Å². The van der Waals surface area contributed by atoms with Crippen LogP contribution in [0.1, 0.15) is 18.4 Å². The van der Waals surface area contributed by atoms with Gasteiger partial charge in [-0.25, -0.2) is 0 Å². The SMILES string of the molecule is NC[C](c1ccncc1)C1CC1. The molecule has 1 aromatic rings. The fraction of sp³-hybridized carbons (Fsp3) is 0.400. The zero-order valence-corrected chi connectivity index (χ0v) is 7.03. The molecule has 0 atom stereocenters. The number of pyridine rings is 1. The largest absolute Gasteiger partial charge is 0.330 e. The molecule has 1 aliphatic rings. The molecule has 0 bridgehead atoms. The number of rotatable bonds is 3. The molecular weight excluding hydrogens is 148 g/mol. The van der Waals surface area contributed by atoms with Gasteiger partial charge in [0.25, 0.3) is 0 Å². The minimum absolute atomic E-state index is 0.689. The maximum Gasteiger partial charge on any atom is 0.0270 e. The summed E-state index contributed by atoms with van der Waals surface area (Å²) in [4.78, 5) is 3.99. The van der Waals surface area contributed by atoms with Crippen LogP contribution in [0.2, 0.25) is 0 Å². The predicted molar refractivity (Wildman–Crippen MR) is 48.4 cm³/mol. The van der Waals surface area contributed by atoms with Crippen LogP contribution in [0.4, 0.5) is 0 Å². The van der Waals surface area contributed by atoms with E-state index in [1.165, 1.54) is 24.3 Å². The first-order chi connectivity index (χ1) is 5.92. The van der Waals surface area contributed by atoms with Gasteiger partial charge in [-0.15, -0.1) is 0 Å². The molecule has 0 unspecified atom stereocenters. The highest BCUT2D eigenvalue weighted by atomic mass is 14.6. The van der Waals surface area contributed by atoms with Gasteiger partial charge in [-0.1, -0.05) is 0 Å². The van der Waals surface area contributed by atoms with E-state index < -0.39 is 0 Å². The molecule has 1 aromatic heterocycles. The van der Waals surface area contributed by atoms with Crippen LogP contribution in [0.3, 0.4) is 0 Å². The Morgan fingerprint density at radius 1 is 1.42 bits per heavy atom. The molecule has 1 heterocycles. The number of nitrogens with two attached hydrogens (primary N) is 1. The summed E-state index contributed by atoms with van der Waals surface area (Å²) in [5.74, 6) is 2.16. The number of nitrogens with zero attached hydrogens (tertiary/aromatic N) is 1. The molecule has 12 heavy (non-hydrogen) atoms. The lowest BCUT2D eigenvalue weighted by Crippen LogP contribution is -2.15. The lowest BCUT2D eigenvalue weighted by molar-refractivity contribution is 0.815. The van der Waals surface area contributed by atoms with Gasteiger partial charge < -0.3 is 5.73 Å². The summed E-state index contributed by atoms with van der Waals surface area (Å²) in [6, 6.07) is 4.08. The van der Waals surface area contributed by atoms with E-state index in [1.807, 2.05) is 24.5 Å². The number of hydrogen-bond acceptors (Lipinski definition) is 2. The molecule has 2 nitrogen and oxygen atoms in total. The van der Waals surface area contributed by atoms with Crippen LogP contribution in [-0.4, -0.2) is 11.5 Å². The zero-order valence-electron chi connectivity index (χ0n) is 7.03. The van der Waals surface area contributed by atoms with E-state index in [0.717, 1.165) is 5.92 Å². The third-order valence-electron chi connectivity index (χ3n) is 2.34. The third-order valence-corrected chi connectivity index (χ3v) is 2.34. The first-order valence-electron chi connectivity index (χ1n) is 4.38. The van der Waals surface area contributed by atoms with E-state index in [4.69, 9.17) is 5.73 Å². The highest BCUT2D eigenvalue weighted by Crippen LogP contribution is 2.40. The molecule has 2 rings (SSSR count). The summed E-state index contributed by atoms with van der Waals surface area (Å²) in [7, 11) is 0. The van der Waals surface area contributed by atoms with Gasteiger partial charge >= 0.3 is 0 Å². The van der Waals surface area contributed by atoms with Crippen molar-refractivity contribution in [3.63, 3.8) is 0 Å². The van der Waals surface area contributed by atoms with Crippen LogP contribution in [0, 0.1) is 11.8 Å². The Morgan fingerprint density at radius 3 is 2.58 bits per heavy atom. The fourth-order valence-electron chi connectivity index (χ4n) is 1.52. The van der Waals surface area contributed by atoms with Crippen LogP contribution < -0.4 is 5.73 Å². The second kappa shape index (κ2) is 3.23. The Balaban J connectivity index is 2.15. The van der Waals surface area contributed by atoms with Crippen molar-refractivity contribution in [1.82, 2.24) is 4.98 Å². The molecule has 0 aromatic carbocycles. The van der Waals surface area contributed by atoms with Crippen molar-refractivity contribution < 1.29 is 0 Å². The Labute approximate surface area is 72.8 Å². The maximum atomic E-state index is 5.69. The molecule has 1 radical (unpaired) electrons. The normalized spacial score (nSPS) is 16.8. The molecule has 0 amide bonds. The molecule has 0 aliphatic heterocycles. The fourth-order valence-corrected chi connectivity index (χ4v) is 1.52. The second-order valence-electron chi connectivity index (χ2n) is 3.24. The molecule has 1 fully saturated rings. The monoisotopic (exact) mass is 161 g/mol. The predicted octanol–water partition coefficient (Wildman–Crippen LogP) is 1.37. The van der Waals surface area contributed by atoms with E-state index in [0.29, 0.717) is 6.54 Å². The summed E-state index contributed by atoms with van der Waals surface area (Å²) in [5, 5.41) is 0. The molecule has 0 spiro atoms. The van der Waals surface area contributed by atoms with Crippen molar-refractivity contribution in [3.8, 4) is 0 Å². The highest BCUT2D eigenvalue weighted by molar-refractivity contribution is 5.32. The Kier molecular flexibility index (Phi) is 2.09. The maximum absolute atomic E-state index is 5.69. The van der Waals surface area contributed by atoms with Crippen molar-refractivity contribution in [1.29, 1.82) is 0 Å². The Bertz CT molecular complexity index is 241. The summed E-state index contributed by atoms with van der Waals surface area (Å²) in [6.45, 7) is 0.689. The van der Waals surface area contributed by atoms with Gasteiger partial charge in [-0.3, -0.25) is 4.98 Å². The van der Waals surface area contributed by atoms with Crippen molar-refractivity contribution in [2.45, 2.75) is 12.8 Å². The number of aromatic nitrogens is 1. The van der Waals surface area contributed by atoms with E-state index in [9.17, 15) is 0 Å². The average molecular weight is 161 g/mol. The lowest BCUT2D eigenvalue weighted by Gasteiger charge is -2.11.